The van der Waals surface area contributed by atoms with E-state index in [2.05, 4.69) is 13.8 Å². The molecule has 0 radical (unpaired) electrons. The zero-order valence-electron chi connectivity index (χ0n) is 24.4. The van der Waals surface area contributed by atoms with Crippen LogP contribution in [0.5, 0.6) is 0 Å². The minimum atomic E-state index is -1.02. The smallest absolute Gasteiger partial charge is 0.114 e. The molecule has 0 aromatic carbocycles. The Hall–Kier alpha value is -0.400. The van der Waals surface area contributed by atoms with Crippen LogP contribution in [0.4, 0.5) is 0 Å². The second kappa shape index (κ2) is 23.2. The molecule has 0 aliphatic carbocycles. The molecule has 2 saturated heterocycles. The zero-order valence-corrected chi connectivity index (χ0v) is 24.4. The predicted octanol–water partition coefficient (Wildman–Crippen LogP) is 2.08. The highest BCUT2D eigenvalue weighted by Gasteiger charge is 2.40. The van der Waals surface area contributed by atoms with Gasteiger partial charge in [0.25, 0.3) is 0 Å². The van der Waals surface area contributed by atoms with E-state index in [1.165, 1.54) is 51.4 Å². The molecule has 10 heteroatoms. The third kappa shape index (κ3) is 16.0. The van der Waals surface area contributed by atoms with E-state index in [9.17, 15) is 30.6 Å². The maximum atomic E-state index is 9.88. The fourth-order valence-electron chi connectivity index (χ4n) is 4.67. The molecule has 6 N–H and O–H groups in total. The van der Waals surface area contributed by atoms with Crippen molar-refractivity contribution in [1.29, 1.82) is 0 Å². The van der Waals surface area contributed by atoms with Gasteiger partial charge in [-0.1, -0.05) is 84.5 Å². The monoisotopic (exact) mass is 566 g/mol. The molecule has 2 fully saturated rings. The molecule has 0 bridgehead atoms. The first-order valence-electron chi connectivity index (χ1n) is 15.3. The molecule has 0 saturated carbocycles. The molecule has 2 aliphatic heterocycles. The van der Waals surface area contributed by atoms with E-state index < -0.39 is 48.8 Å². The van der Waals surface area contributed by atoms with Crippen LogP contribution in [0, 0.1) is 0 Å². The van der Waals surface area contributed by atoms with E-state index in [0.717, 1.165) is 32.1 Å². The van der Waals surface area contributed by atoms with Crippen molar-refractivity contribution in [2.45, 2.75) is 146 Å². The quantitative estimate of drug-likeness (QED) is 0.114. The Morgan fingerprint density at radius 2 is 0.897 bits per heavy atom. The Labute approximate surface area is 235 Å². The average Bonchev–Trinajstić information content (AvgIpc) is 3.44. The lowest BCUT2D eigenvalue weighted by Gasteiger charge is -2.20. The van der Waals surface area contributed by atoms with Gasteiger partial charge in [-0.25, -0.2) is 0 Å². The Morgan fingerprint density at radius 3 is 1.26 bits per heavy atom. The van der Waals surface area contributed by atoms with Gasteiger partial charge in [-0.2, -0.15) is 0 Å². The van der Waals surface area contributed by atoms with Crippen molar-refractivity contribution < 1.29 is 49.6 Å². The Kier molecular flexibility index (Phi) is 21.8. The van der Waals surface area contributed by atoms with Crippen molar-refractivity contribution in [3.63, 3.8) is 0 Å². The van der Waals surface area contributed by atoms with E-state index in [1.807, 2.05) is 0 Å². The number of hydrogen-bond donors (Lipinski definition) is 6. The second-order valence-electron chi connectivity index (χ2n) is 10.9. The van der Waals surface area contributed by atoms with Crippen molar-refractivity contribution in [2.75, 3.05) is 39.6 Å². The summed E-state index contributed by atoms with van der Waals surface area (Å²) in [4.78, 5) is 0. The standard InChI is InChI=1S/C18H36O5.C11H22O5/c1-2-3-4-5-6-7-8-9-10-11-12-22-13-16(20)18-17(21)15(19)14-23-18;1-2-3-4-5-15-6-9(13)11-10(14)8(12)7-16-11/h15-21H,2-14H2,1H3;8-14H,2-7H2,1H3/t15?,16?,17-,18+;8?,9?,10-,11+/m00/s1. The van der Waals surface area contributed by atoms with Gasteiger partial charge in [0.2, 0.25) is 0 Å². The summed E-state index contributed by atoms with van der Waals surface area (Å²) in [6.45, 7) is 6.01. The molecule has 8 atom stereocenters. The summed E-state index contributed by atoms with van der Waals surface area (Å²) in [6, 6.07) is 0. The molecule has 0 aromatic rings. The largest absolute Gasteiger partial charge is 0.388 e. The van der Waals surface area contributed by atoms with E-state index in [0.29, 0.717) is 13.2 Å². The summed E-state index contributed by atoms with van der Waals surface area (Å²) in [5.74, 6) is 0. The lowest BCUT2D eigenvalue weighted by atomic mass is 10.1. The summed E-state index contributed by atoms with van der Waals surface area (Å²) < 4.78 is 21.0. The second-order valence-corrected chi connectivity index (χ2v) is 10.9. The molecular formula is C29H58O10. The maximum absolute atomic E-state index is 9.88. The predicted molar refractivity (Wildman–Crippen MR) is 149 cm³/mol. The number of rotatable bonds is 21. The van der Waals surface area contributed by atoms with Gasteiger partial charge < -0.3 is 49.6 Å². The summed E-state index contributed by atoms with van der Waals surface area (Å²) in [5, 5.41) is 57.3. The molecule has 39 heavy (non-hydrogen) atoms. The van der Waals surface area contributed by atoms with Gasteiger partial charge in [-0.15, -0.1) is 0 Å². The molecule has 0 amide bonds. The first kappa shape index (κ1) is 36.6. The molecule has 2 rings (SSSR count). The van der Waals surface area contributed by atoms with Crippen LogP contribution >= 0.6 is 0 Å². The van der Waals surface area contributed by atoms with E-state index >= 15 is 0 Å². The highest BCUT2D eigenvalue weighted by molar-refractivity contribution is 4.88. The molecule has 234 valence electrons. The average molecular weight is 567 g/mol. The van der Waals surface area contributed by atoms with E-state index in [4.69, 9.17) is 18.9 Å². The van der Waals surface area contributed by atoms with Crippen LogP contribution in [0.25, 0.3) is 0 Å². The highest BCUT2D eigenvalue weighted by Crippen LogP contribution is 2.19. The number of aliphatic hydroxyl groups excluding tert-OH is 6. The van der Waals surface area contributed by atoms with Crippen molar-refractivity contribution in [2.24, 2.45) is 0 Å². The molecule has 10 nitrogen and oxygen atoms in total. The Morgan fingerprint density at radius 1 is 0.564 bits per heavy atom. The van der Waals surface area contributed by atoms with Crippen LogP contribution in [-0.2, 0) is 18.9 Å². The third-order valence-corrected chi connectivity index (χ3v) is 7.25. The number of hydrogen-bond acceptors (Lipinski definition) is 10. The van der Waals surface area contributed by atoms with Crippen molar-refractivity contribution in [1.82, 2.24) is 0 Å². The van der Waals surface area contributed by atoms with E-state index in [-0.39, 0.29) is 26.4 Å². The van der Waals surface area contributed by atoms with Gasteiger partial charge in [0.15, 0.2) is 0 Å². The minimum Gasteiger partial charge on any atom is -0.388 e. The third-order valence-electron chi connectivity index (χ3n) is 7.25. The summed E-state index contributed by atoms with van der Waals surface area (Å²) >= 11 is 0. The van der Waals surface area contributed by atoms with Gasteiger partial charge in [0, 0.05) is 13.2 Å². The summed E-state index contributed by atoms with van der Waals surface area (Å²) in [5.41, 5.74) is 0. The van der Waals surface area contributed by atoms with Crippen LogP contribution in [0.2, 0.25) is 0 Å². The fraction of sp³-hybridized carbons (Fsp3) is 1.00. The van der Waals surface area contributed by atoms with Gasteiger partial charge in [0.05, 0.1) is 26.4 Å². The first-order valence-corrected chi connectivity index (χ1v) is 15.3. The molecule has 0 aromatic heterocycles. The van der Waals surface area contributed by atoms with E-state index in [1.54, 1.807) is 0 Å². The topological polar surface area (TPSA) is 158 Å². The number of unbranched alkanes of at least 4 members (excludes halogenated alkanes) is 11. The van der Waals surface area contributed by atoms with Gasteiger partial charge in [0.1, 0.15) is 48.8 Å². The van der Waals surface area contributed by atoms with Crippen LogP contribution in [0.15, 0.2) is 0 Å². The molecular weight excluding hydrogens is 508 g/mol. The fourth-order valence-corrected chi connectivity index (χ4v) is 4.67. The molecule has 2 aliphatic rings. The normalized spacial score (nSPS) is 28.3. The van der Waals surface area contributed by atoms with Crippen LogP contribution < -0.4 is 0 Å². The van der Waals surface area contributed by atoms with Gasteiger partial charge >= 0.3 is 0 Å². The lowest BCUT2D eigenvalue weighted by molar-refractivity contribution is -0.0813. The van der Waals surface area contributed by atoms with Gasteiger partial charge in [-0.3, -0.25) is 0 Å². The van der Waals surface area contributed by atoms with Crippen molar-refractivity contribution in [3.8, 4) is 0 Å². The molecule has 4 unspecified atom stereocenters. The maximum Gasteiger partial charge on any atom is 0.114 e. The van der Waals surface area contributed by atoms with Crippen molar-refractivity contribution in [3.05, 3.63) is 0 Å². The zero-order chi connectivity index (χ0) is 28.9. The lowest BCUT2D eigenvalue weighted by Crippen LogP contribution is -2.40. The molecule has 0 spiro atoms. The minimum absolute atomic E-state index is 0.0682. The number of ether oxygens (including phenoxy) is 4. The first-order chi connectivity index (χ1) is 18.8. The van der Waals surface area contributed by atoms with Crippen LogP contribution in [0.1, 0.15) is 97.3 Å². The Bertz CT molecular complexity index is 554. The highest BCUT2D eigenvalue weighted by atomic mass is 16.6. The van der Waals surface area contributed by atoms with Crippen molar-refractivity contribution >= 4 is 0 Å². The summed E-state index contributed by atoms with van der Waals surface area (Å²) in [6.07, 6.45) is 8.94. The SMILES string of the molecule is CCCCCCCCCCCCOCC(O)[C@H]1OCC(O)[C@@H]1O.CCCCCOCC(O)[C@H]1OCC(O)[C@@H]1O. The Balaban J connectivity index is 0.000000416. The molecule has 2 heterocycles. The summed E-state index contributed by atoms with van der Waals surface area (Å²) in [7, 11) is 0. The van der Waals surface area contributed by atoms with Crippen LogP contribution in [0.3, 0.4) is 0 Å². The number of aliphatic hydroxyl groups is 6. The van der Waals surface area contributed by atoms with Gasteiger partial charge in [-0.05, 0) is 12.8 Å². The van der Waals surface area contributed by atoms with Crippen LogP contribution in [-0.4, -0.2) is 119 Å².